The predicted octanol–water partition coefficient (Wildman–Crippen LogP) is 3.60. The maximum absolute atomic E-state index is 10.7. The Hall–Kier alpha value is -1.88. The Morgan fingerprint density at radius 1 is 1.25 bits per heavy atom. The van der Waals surface area contributed by atoms with E-state index in [9.17, 15) is 4.91 Å². The molecule has 5 nitrogen and oxygen atoms in total. The summed E-state index contributed by atoms with van der Waals surface area (Å²) in [6.45, 7) is 2.92. The first-order chi connectivity index (χ1) is 11.7. The number of piperidine rings is 1. The summed E-state index contributed by atoms with van der Waals surface area (Å²) in [6, 6.07) is 8.33. The first-order valence-electron chi connectivity index (χ1n) is 9.11. The molecule has 1 aliphatic carbocycles. The molecule has 1 heterocycles. The molecule has 1 aliphatic heterocycles. The van der Waals surface area contributed by atoms with E-state index in [1.807, 2.05) is 18.3 Å². The summed E-state index contributed by atoms with van der Waals surface area (Å²) in [5.74, 6) is 0.518. The molecule has 3 N–H and O–H groups in total. The summed E-state index contributed by atoms with van der Waals surface area (Å²) in [5, 5.41) is 6.51. The number of benzene rings is 1. The van der Waals surface area contributed by atoms with Crippen molar-refractivity contribution in [2.45, 2.75) is 50.5 Å². The van der Waals surface area contributed by atoms with Gasteiger partial charge in [-0.1, -0.05) is 25.0 Å². The summed E-state index contributed by atoms with van der Waals surface area (Å²) in [4.78, 5) is 13.1. The van der Waals surface area contributed by atoms with Crippen LogP contribution < -0.4 is 11.1 Å². The van der Waals surface area contributed by atoms with Crippen LogP contribution in [0.2, 0.25) is 0 Å². The summed E-state index contributed by atoms with van der Waals surface area (Å²) in [6.07, 6.45) is 9.42. The van der Waals surface area contributed by atoms with Crippen LogP contribution in [-0.4, -0.2) is 30.6 Å². The van der Waals surface area contributed by atoms with Crippen molar-refractivity contribution in [3.63, 3.8) is 0 Å². The minimum Gasteiger partial charge on any atom is -0.400 e. The zero-order valence-electron chi connectivity index (χ0n) is 14.3. The minimum atomic E-state index is 0.518. The van der Waals surface area contributed by atoms with E-state index in [0.717, 1.165) is 38.2 Å². The van der Waals surface area contributed by atoms with Gasteiger partial charge in [-0.3, -0.25) is 4.90 Å². The Morgan fingerprint density at radius 2 is 2.00 bits per heavy atom. The molecular formula is C19H28N4O. The van der Waals surface area contributed by atoms with Gasteiger partial charge in [0.25, 0.3) is 0 Å². The van der Waals surface area contributed by atoms with Crippen molar-refractivity contribution < 1.29 is 0 Å². The summed E-state index contributed by atoms with van der Waals surface area (Å²) >= 11 is 0. The van der Waals surface area contributed by atoms with Crippen LogP contribution >= 0.6 is 0 Å². The van der Waals surface area contributed by atoms with Crippen LogP contribution in [0.5, 0.6) is 0 Å². The molecule has 24 heavy (non-hydrogen) atoms. The van der Waals surface area contributed by atoms with E-state index in [1.165, 1.54) is 31.2 Å². The van der Waals surface area contributed by atoms with Gasteiger partial charge in [0.15, 0.2) is 0 Å². The fourth-order valence-corrected chi connectivity index (χ4v) is 3.88. The van der Waals surface area contributed by atoms with Gasteiger partial charge >= 0.3 is 0 Å². The fraction of sp³-hybridized carbons (Fsp3) is 0.579. The van der Waals surface area contributed by atoms with Crippen LogP contribution in [-0.2, 0) is 0 Å². The summed E-state index contributed by atoms with van der Waals surface area (Å²) < 4.78 is 0. The van der Waals surface area contributed by atoms with E-state index < -0.39 is 0 Å². The Kier molecular flexibility index (Phi) is 5.86. The first-order valence-corrected chi connectivity index (χ1v) is 9.11. The van der Waals surface area contributed by atoms with Crippen molar-refractivity contribution in [1.82, 2.24) is 10.2 Å². The average Bonchev–Trinajstić information content (AvgIpc) is 3.14. The van der Waals surface area contributed by atoms with Gasteiger partial charge in [-0.2, -0.15) is 0 Å². The van der Waals surface area contributed by atoms with E-state index >= 15 is 0 Å². The Labute approximate surface area is 144 Å². The highest BCUT2D eigenvalue weighted by atomic mass is 16.3. The highest BCUT2D eigenvalue weighted by Crippen LogP contribution is 2.30. The third kappa shape index (κ3) is 4.57. The average molecular weight is 328 g/mol. The van der Waals surface area contributed by atoms with Crippen molar-refractivity contribution in [1.29, 1.82) is 0 Å². The number of nitroso groups, excluding NO2 is 1. The van der Waals surface area contributed by atoms with Crippen LogP contribution in [0, 0.1) is 4.91 Å². The van der Waals surface area contributed by atoms with Gasteiger partial charge in [0.2, 0.25) is 0 Å². The highest BCUT2D eigenvalue weighted by molar-refractivity contribution is 5.41. The van der Waals surface area contributed by atoms with E-state index in [4.69, 9.17) is 5.73 Å². The molecule has 0 spiro atoms. The van der Waals surface area contributed by atoms with Crippen molar-refractivity contribution in [2.24, 2.45) is 10.9 Å². The van der Waals surface area contributed by atoms with Gasteiger partial charge in [-0.25, -0.2) is 0 Å². The zero-order chi connectivity index (χ0) is 16.8. The first kappa shape index (κ1) is 17.0. The number of nitrogens with two attached hydrogens (primary N) is 1. The number of hydrogen-bond acceptors (Lipinski definition) is 5. The van der Waals surface area contributed by atoms with Crippen LogP contribution in [0.25, 0.3) is 0 Å². The van der Waals surface area contributed by atoms with Gasteiger partial charge in [0.1, 0.15) is 5.69 Å². The molecule has 1 saturated heterocycles. The van der Waals surface area contributed by atoms with Crippen molar-refractivity contribution in [3.8, 4) is 0 Å². The lowest BCUT2D eigenvalue weighted by Crippen LogP contribution is -2.36. The SMILES string of the molecule is N/C(=C\NC1CCCC1)CN1CCC(c2cccc(N=O)c2)CC1. The van der Waals surface area contributed by atoms with Gasteiger partial charge in [-0.15, -0.1) is 4.91 Å². The second-order valence-electron chi connectivity index (χ2n) is 7.10. The molecule has 0 aromatic heterocycles. The molecule has 1 saturated carbocycles. The van der Waals surface area contributed by atoms with Gasteiger partial charge in [0, 0.05) is 24.5 Å². The van der Waals surface area contributed by atoms with Gasteiger partial charge in [0.05, 0.1) is 0 Å². The third-order valence-corrected chi connectivity index (χ3v) is 5.30. The van der Waals surface area contributed by atoms with E-state index in [0.29, 0.717) is 17.6 Å². The zero-order valence-corrected chi connectivity index (χ0v) is 14.3. The van der Waals surface area contributed by atoms with Crippen molar-refractivity contribution >= 4 is 5.69 Å². The number of nitrogens with zero attached hydrogens (tertiary/aromatic N) is 2. The van der Waals surface area contributed by atoms with E-state index in [2.05, 4.69) is 21.5 Å². The smallest absolute Gasteiger partial charge is 0.108 e. The minimum absolute atomic E-state index is 0.518. The number of rotatable bonds is 6. The quantitative estimate of drug-likeness (QED) is 0.783. The van der Waals surface area contributed by atoms with Crippen LogP contribution in [0.1, 0.15) is 50.0 Å². The highest BCUT2D eigenvalue weighted by Gasteiger charge is 2.21. The maximum Gasteiger partial charge on any atom is 0.108 e. The fourth-order valence-electron chi connectivity index (χ4n) is 3.88. The predicted molar refractivity (Wildman–Crippen MR) is 98.0 cm³/mol. The second kappa shape index (κ2) is 8.29. The van der Waals surface area contributed by atoms with Crippen molar-refractivity contribution in [2.75, 3.05) is 19.6 Å². The molecule has 1 aromatic carbocycles. The number of likely N-dealkylation sites (tertiary alicyclic amines) is 1. The molecule has 0 atom stereocenters. The number of nitrogens with one attached hydrogen (secondary N) is 1. The molecule has 2 fully saturated rings. The summed E-state index contributed by atoms with van der Waals surface area (Å²) in [7, 11) is 0. The number of hydrogen-bond donors (Lipinski definition) is 2. The Morgan fingerprint density at radius 3 is 2.71 bits per heavy atom. The molecule has 0 unspecified atom stereocenters. The van der Waals surface area contributed by atoms with Crippen molar-refractivity contribution in [3.05, 3.63) is 46.6 Å². The molecule has 0 radical (unpaired) electrons. The van der Waals surface area contributed by atoms with E-state index in [1.54, 1.807) is 6.07 Å². The second-order valence-corrected chi connectivity index (χ2v) is 7.10. The monoisotopic (exact) mass is 328 g/mol. The maximum atomic E-state index is 10.7. The molecule has 1 aromatic rings. The van der Waals surface area contributed by atoms with Gasteiger partial charge in [-0.05, 0) is 67.6 Å². The standard InChI is InChI=1S/C19H28N4O/c20-17(13-21-18-5-1-2-6-18)14-23-10-8-15(9-11-23)16-4-3-7-19(12-16)22-24/h3-4,7,12-13,15,18,21H,1-2,5-6,8-11,14,20H2/b17-13-. The van der Waals surface area contributed by atoms with E-state index in [-0.39, 0.29) is 0 Å². The molecule has 0 bridgehead atoms. The van der Waals surface area contributed by atoms with Crippen LogP contribution in [0.3, 0.4) is 0 Å². The molecular weight excluding hydrogens is 300 g/mol. The Balaban J connectivity index is 1.45. The molecule has 5 heteroatoms. The van der Waals surface area contributed by atoms with Crippen LogP contribution in [0.4, 0.5) is 5.69 Å². The largest absolute Gasteiger partial charge is 0.400 e. The third-order valence-electron chi connectivity index (χ3n) is 5.30. The topological polar surface area (TPSA) is 70.7 Å². The lowest BCUT2D eigenvalue weighted by Gasteiger charge is -2.32. The Bertz CT molecular complexity index is 572. The lowest BCUT2D eigenvalue weighted by atomic mass is 9.89. The molecule has 0 amide bonds. The summed E-state index contributed by atoms with van der Waals surface area (Å²) in [5.41, 5.74) is 8.86. The molecule has 130 valence electrons. The molecule has 2 aliphatic rings. The van der Waals surface area contributed by atoms with Gasteiger partial charge < -0.3 is 11.1 Å². The van der Waals surface area contributed by atoms with Crippen LogP contribution in [0.15, 0.2) is 41.3 Å². The normalized spacial score (nSPS) is 21.1. The molecule has 3 rings (SSSR count). The lowest BCUT2D eigenvalue weighted by molar-refractivity contribution is 0.227.